The minimum Gasteiger partial charge on any atom is -0.492 e. The van der Waals surface area contributed by atoms with Crippen LogP contribution in [0.3, 0.4) is 0 Å². The van der Waals surface area contributed by atoms with Gasteiger partial charge in [-0.15, -0.1) is 11.3 Å². The number of carbonyl (C=O) groups is 3. The number of hydrogen-bond acceptors (Lipinski definition) is 11. The van der Waals surface area contributed by atoms with Crippen molar-refractivity contribution in [2.45, 2.75) is 81.3 Å². The third-order valence-corrected chi connectivity index (χ3v) is 20.7. The third-order valence-electron chi connectivity index (χ3n) is 19.7. The van der Waals surface area contributed by atoms with Gasteiger partial charge in [-0.2, -0.15) is 0 Å². The van der Waals surface area contributed by atoms with Gasteiger partial charge in [0.25, 0.3) is 17.7 Å². The van der Waals surface area contributed by atoms with E-state index in [0.29, 0.717) is 75.6 Å². The van der Waals surface area contributed by atoms with Gasteiger partial charge in [-0.1, -0.05) is 103 Å². The predicted octanol–water partition coefficient (Wildman–Crippen LogP) is 13.2. The van der Waals surface area contributed by atoms with E-state index < -0.39 is 0 Å². The highest BCUT2D eigenvalue weighted by Gasteiger charge is 2.47. The number of benzene rings is 6. The molecule has 0 saturated carbocycles. The van der Waals surface area contributed by atoms with Crippen LogP contribution in [-0.2, 0) is 35.9 Å². The van der Waals surface area contributed by atoms with Crippen LogP contribution in [0.15, 0.2) is 185 Å². The minimum atomic E-state index is -0.0734. The molecule has 9 aromatic rings. The number of piperidine rings is 3. The summed E-state index contributed by atoms with van der Waals surface area (Å²) in [5.41, 5.74) is 17.6. The molecule has 3 fully saturated rings. The Bertz CT molecular complexity index is 4400. The number of ether oxygens (including phenoxy) is 3. The molecule has 15 rings (SSSR count). The van der Waals surface area contributed by atoms with Crippen LogP contribution in [0.25, 0.3) is 11.1 Å². The standard InChI is InChI=1S/C29H31N2O3.C27H26N2O3.C25H26N2O2S/c1-31(2,3)20-23-10-13-26-25(19-23)29(21-33-26)15-17-30(18-16-29)28(32)27-14-12-24(34-27)11-9-22-7-5-4-6-8-22;1-28-18-21-8-11-24-23(17-21)27(19-31-24)13-15-29(16-14-27)26(30)25-12-10-22(32-25)9-7-20-5-3-2-4-6-20;1-17-20(19-5-3-2-4-6-19)14-23(30-17)24(28)27-11-9-25(10-12-27)16-29-22-8-7-18(15-26)13-21(22)25/h4-8,10,12-14,19H,15-18,20-21H2,1-3H3;2-6,8,10-12,17,28H,13-16,18-19H2,1H3;2-8,13-14H,9-12,15-16,26H2,1H3/q+1;;. The molecule has 3 amide bonds. The molecule has 15 heteroatoms. The summed E-state index contributed by atoms with van der Waals surface area (Å²) in [7, 11) is 8.57. The molecule has 3 aromatic heterocycles. The van der Waals surface area contributed by atoms with Crippen LogP contribution in [0, 0.1) is 30.6 Å². The molecule has 14 nitrogen and oxygen atoms in total. The average molecular weight is 1300 g/mol. The van der Waals surface area contributed by atoms with E-state index >= 15 is 0 Å². The van der Waals surface area contributed by atoms with Crippen molar-refractivity contribution in [3.05, 3.63) is 253 Å². The van der Waals surface area contributed by atoms with Crippen LogP contribution in [0.4, 0.5) is 0 Å². The van der Waals surface area contributed by atoms with Crippen LogP contribution in [0.5, 0.6) is 17.2 Å². The topological polar surface area (TPSA) is 153 Å². The molecule has 3 N–H and O–H groups in total. The molecule has 0 aliphatic carbocycles. The van der Waals surface area contributed by atoms with Gasteiger partial charge in [0.2, 0.25) is 0 Å². The first-order valence-electron chi connectivity index (χ1n) is 33.4. The molecule has 6 aromatic carbocycles. The first-order valence-corrected chi connectivity index (χ1v) is 34.2. The summed E-state index contributed by atoms with van der Waals surface area (Å²) in [6.07, 6.45) is 5.40. The number of rotatable bonds is 9. The lowest BCUT2D eigenvalue weighted by Crippen LogP contribution is -2.46. The van der Waals surface area contributed by atoms with E-state index in [2.05, 4.69) is 118 Å². The SMILES string of the molecule is CNCc1ccc2c(c1)C1(CCN(C(=O)c3ccc(C#Cc4ccccc4)o3)CC1)CO2.C[N+](C)(C)Cc1ccc2c(c1)C1(CCN(C(=O)c3ccc(C#Cc4ccccc4)o3)CC1)CO2.Cc1sc(C(=O)N2CCC3(CC2)COc2ccc(CN)cc23)cc1-c1ccccc1. The van der Waals surface area contributed by atoms with Crippen LogP contribution in [-0.4, -0.2) is 124 Å². The molecular formula is C81H83N6O8S+. The summed E-state index contributed by atoms with van der Waals surface area (Å²) >= 11 is 1.60. The summed E-state index contributed by atoms with van der Waals surface area (Å²) in [6.45, 7) is 10.8. The fourth-order valence-corrected chi connectivity index (χ4v) is 15.3. The van der Waals surface area contributed by atoms with E-state index in [0.717, 1.165) is 114 Å². The number of quaternary nitrogens is 1. The van der Waals surface area contributed by atoms with Crippen LogP contribution in [0.1, 0.15) is 130 Å². The van der Waals surface area contributed by atoms with Gasteiger partial charge < -0.3 is 53.3 Å². The number of nitrogens with zero attached hydrogens (tertiary/aromatic N) is 4. The maximum absolute atomic E-state index is 13.2. The second kappa shape index (κ2) is 28.0. The van der Waals surface area contributed by atoms with Gasteiger partial charge in [-0.25, -0.2) is 0 Å². The van der Waals surface area contributed by atoms with Gasteiger partial charge in [0.05, 0.1) is 45.8 Å². The van der Waals surface area contributed by atoms with E-state index in [1.54, 1.807) is 35.6 Å². The molecule has 6 aliphatic heterocycles. The first kappa shape index (κ1) is 65.1. The Labute approximate surface area is 567 Å². The number of likely N-dealkylation sites (tertiary alicyclic amines) is 3. The maximum Gasteiger partial charge on any atom is 0.289 e. The Hall–Kier alpha value is -9.61. The largest absolute Gasteiger partial charge is 0.492 e. The van der Waals surface area contributed by atoms with E-state index in [1.165, 1.54) is 38.3 Å². The summed E-state index contributed by atoms with van der Waals surface area (Å²) in [6, 6.07) is 58.2. The Morgan fingerprint density at radius 2 is 0.906 bits per heavy atom. The van der Waals surface area contributed by atoms with Crippen molar-refractivity contribution in [3.8, 4) is 52.1 Å². The highest BCUT2D eigenvalue weighted by atomic mass is 32.1. The quantitative estimate of drug-likeness (QED) is 0.105. The predicted molar refractivity (Wildman–Crippen MR) is 375 cm³/mol. The normalized spacial score (nSPS) is 16.6. The van der Waals surface area contributed by atoms with Crippen molar-refractivity contribution in [2.75, 3.05) is 87.3 Å². The molecule has 490 valence electrons. The number of amides is 3. The molecule has 96 heavy (non-hydrogen) atoms. The number of nitrogens with one attached hydrogen (secondary N) is 1. The maximum atomic E-state index is 13.2. The van der Waals surface area contributed by atoms with Crippen molar-refractivity contribution in [1.82, 2.24) is 20.0 Å². The average Bonchev–Trinajstić information content (AvgIpc) is 1.60. The summed E-state index contributed by atoms with van der Waals surface area (Å²) in [5.74, 6) is 16.8. The molecule has 6 aliphatic rings. The number of carbonyl (C=O) groups excluding carboxylic acids is 3. The van der Waals surface area contributed by atoms with E-state index in [1.807, 2.05) is 113 Å². The lowest BCUT2D eigenvalue weighted by atomic mass is 9.74. The smallest absolute Gasteiger partial charge is 0.289 e. The zero-order valence-electron chi connectivity index (χ0n) is 55.5. The zero-order chi connectivity index (χ0) is 66.4. The molecule has 3 saturated heterocycles. The lowest BCUT2D eigenvalue weighted by Gasteiger charge is -2.38. The lowest BCUT2D eigenvalue weighted by molar-refractivity contribution is -0.884. The molecule has 0 atom stereocenters. The first-order chi connectivity index (χ1) is 46.6. The molecule has 0 bridgehead atoms. The van der Waals surface area contributed by atoms with Crippen LogP contribution < -0.4 is 25.3 Å². The monoisotopic (exact) mass is 1300 g/mol. The highest BCUT2D eigenvalue weighted by Crippen LogP contribution is 2.49. The van der Waals surface area contributed by atoms with Gasteiger partial charge >= 0.3 is 0 Å². The van der Waals surface area contributed by atoms with E-state index in [-0.39, 0.29) is 34.0 Å². The fraction of sp³-hybridized carbons (Fsp3) is 0.321. The molecule has 9 heterocycles. The molecule has 3 spiro atoms. The molecule has 0 radical (unpaired) electrons. The van der Waals surface area contributed by atoms with E-state index in [9.17, 15) is 14.4 Å². The minimum absolute atomic E-state index is 0.00858. The summed E-state index contributed by atoms with van der Waals surface area (Å²) in [5, 5.41) is 3.21. The second-order valence-electron chi connectivity index (χ2n) is 27.3. The number of thiophene rings is 1. The molecule has 0 unspecified atom stereocenters. The van der Waals surface area contributed by atoms with Gasteiger partial charge in [-0.3, -0.25) is 14.4 Å². The van der Waals surface area contributed by atoms with Crippen molar-refractivity contribution in [3.63, 3.8) is 0 Å². The Kier molecular flexibility index (Phi) is 19.0. The van der Waals surface area contributed by atoms with Crippen LogP contribution in [0.2, 0.25) is 0 Å². The van der Waals surface area contributed by atoms with Crippen molar-refractivity contribution < 1.29 is 41.9 Å². The van der Waals surface area contributed by atoms with Crippen molar-refractivity contribution in [1.29, 1.82) is 0 Å². The van der Waals surface area contributed by atoms with Crippen molar-refractivity contribution >= 4 is 29.1 Å². The van der Waals surface area contributed by atoms with E-state index in [4.69, 9.17) is 28.8 Å². The second-order valence-corrected chi connectivity index (χ2v) is 28.5. The van der Waals surface area contributed by atoms with Gasteiger partial charge in [0, 0.05) is 107 Å². The number of hydrogen-bond donors (Lipinski definition) is 2. The van der Waals surface area contributed by atoms with Gasteiger partial charge in [-0.05, 0) is 172 Å². The van der Waals surface area contributed by atoms with Gasteiger partial charge in [0.15, 0.2) is 23.0 Å². The van der Waals surface area contributed by atoms with Crippen LogP contribution >= 0.6 is 11.3 Å². The number of furan rings is 2. The van der Waals surface area contributed by atoms with Gasteiger partial charge in [0.1, 0.15) is 23.8 Å². The number of nitrogens with two attached hydrogens (primary N) is 1. The van der Waals surface area contributed by atoms with Crippen molar-refractivity contribution in [2.24, 2.45) is 5.73 Å². The Balaban J connectivity index is 0.000000130. The zero-order valence-corrected chi connectivity index (χ0v) is 56.3. The summed E-state index contributed by atoms with van der Waals surface area (Å²) < 4.78 is 30.5. The number of fused-ring (bicyclic) bond motifs is 6. The molecular weight excluding hydrogens is 1220 g/mol. The fourth-order valence-electron chi connectivity index (χ4n) is 14.3. The Morgan fingerprint density at radius 1 is 0.500 bits per heavy atom. The number of aryl methyl sites for hydroxylation is 1. The highest BCUT2D eigenvalue weighted by molar-refractivity contribution is 7.14. The Morgan fingerprint density at radius 3 is 1.34 bits per heavy atom. The summed E-state index contributed by atoms with van der Waals surface area (Å²) in [4.78, 5) is 47.2. The third kappa shape index (κ3) is 14.2.